The van der Waals surface area contributed by atoms with Crippen molar-refractivity contribution < 1.29 is 14.6 Å². The molecule has 0 bridgehead atoms. The Morgan fingerprint density at radius 2 is 2.00 bits per heavy atom. The molecule has 2 aromatic rings. The van der Waals surface area contributed by atoms with Gasteiger partial charge in [-0.15, -0.1) is 0 Å². The summed E-state index contributed by atoms with van der Waals surface area (Å²) in [6.07, 6.45) is 2.74. The van der Waals surface area contributed by atoms with Gasteiger partial charge in [-0.05, 0) is 41.8 Å². The molecule has 108 valence electrons. The minimum Gasteiger partial charge on any atom is -0.482 e. The number of aryl methyl sites for hydroxylation is 1. The smallest absolute Gasteiger partial charge is 0.341 e. The number of carboxylic acid groups (broad SMARTS) is 1. The van der Waals surface area contributed by atoms with E-state index in [4.69, 9.17) is 9.84 Å². The molecule has 2 rings (SSSR count). The minimum absolute atomic E-state index is 0.348. The summed E-state index contributed by atoms with van der Waals surface area (Å²) in [5.41, 5.74) is 3.01. The molecule has 0 saturated carbocycles. The van der Waals surface area contributed by atoms with Crippen LogP contribution >= 0.6 is 0 Å². The molecule has 0 radical (unpaired) electrons. The number of hydrogen-bond acceptors (Lipinski definition) is 3. The van der Waals surface area contributed by atoms with Crippen LogP contribution in [0.25, 0.3) is 0 Å². The number of nitrogens with zero attached hydrogens (tertiary/aromatic N) is 1. The van der Waals surface area contributed by atoms with Gasteiger partial charge in [-0.3, -0.25) is 4.99 Å². The van der Waals surface area contributed by atoms with E-state index in [-0.39, 0.29) is 6.61 Å². The van der Waals surface area contributed by atoms with Gasteiger partial charge >= 0.3 is 5.97 Å². The molecular weight excluding hydrogens is 266 g/mol. The number of aliphatic carboxylic acids is 1. The normalized spacial score (nSPS) is 10.7. The predicted octanol–water partition coefficient (Wildman–Crippen LogP) is 3.46. The van der Waals surface area contributed by atoms with Crippen LogP contribution in [-0.4, -0.2) is 23.9 Å². The Kier molecular flexibility index (Phi) is 5.10. The quantitative estimate of drug-likeness (QED) is 0.826. The number of aliphatic imine (C=N–C) groups is 1. The Hall–Kier alpha value is -2.62. The molecule has 21 heavy (non-hydrogen) atoms. The van der Waals surface area contributed by atoms with Crippen molar-refractivity contribution in [3.05, 3.63) is 59.7 Å². The highest BCUT2D eigenvalue weighted by Crippen LogP contribution is 2.15. The Morgan fingerprint density at radius 3 is 2.67 bits per heavy atom. The van der Waals surface area contributed by atoms with Gasteiger partial charge in [0.25, 0.3) is 0 Å². The number of carbonyl (C=O) groups is 1. The fourth-order valence-electron chi connectivity index (χ4n) is 1.80. The first-order valence-corrected chi connectivity index (χ1v) is 6.75. The lowest BCUT2D eigenvalue weighted by Gasteiger charge is -2.03. The molecule has 0 unspecified atom stereocenters. The summed E-state index contributed by atoms with van der Waals surface area (Å²) in [5.74, 6) is -0.479. The molecule has 0 aliphatic rings. The fraction of sp³-hybridized carbons (Fsp3) is 0.176. The second kappa shape index (κ2) is 7.24. The standard InChI is InChI=1S/C17H17NO3/c1-2-13-6-8-15(9-7-13)18-11-14-4-3-5-16(10-14)21-12-17(19)20/h3-11H,2,12H2,1H3,(H,19,20). The van der Waals surface area contributed by atoms with E-state index in [1.807, 2.05) is 18.2 Å². The van der Waals surface area contributed by atoms with Crippen molar-refractivity contribution in [2.75, 3.05) is 6.61 Å². The van der Waals surface area contributed by atoms with E-state index in [1.54, 1.807) is 24.4 Å². The highest BCUT2D eigenvalue weighted by molar-refractivity contribution is 5.82. The lowest BCUT2D eigenvalue weighted by atomic mass is 10.1. The molecule has 0 aliphatic carbocycles. The number of benzene rings is 2. The van der Waals surface area contributed by atoms with Gasteiger partial charge in [0, 0.05) is 6.21 Å². The van der Waals surface area contributed by atoms with E-state index < -0.39 is 5.97 Å². The zero-order valence-corrected chi connectivity index (χ0v) is 11.8. The van der Waals surface area contributed by atoms with Crippen molar-refractivity contribution in [2.24, 2.45) is 4.99 Å². The van der Waals surface area contributed by atoms with Gasteiger partial charge in [0.2, 0.25) is 0 Å². The molecule has 0 saturated heterocycles. The van der Waals surface area contributed by atoms with Gasteiger partial charge in [0.1, 0.15) is 5.75 Å². The molecule has 0 spiro atoms. The zero-order valence-electron chi connectivity index (χ0n) is 11.8. The fourth-order valence-corrected chi connectivity index (χ4v) is 1.80. The van der Waals surface area contributed by atoms with Crippen molar-refractivity contribution in [1.82, 2.24) is 0 Å². The lowest BCUT2D eigenvalue weighted by molar-refractivity contribution is -0.139. The van der Waals surface area contributed by atoms with Crippen LogP contribution in [0.15, 0.2) is 53.5 Å². The summed E-state index contributed by atoms with van der Waals surface area (Å²) in [5, 5.41) is 8.59. The Balaban J connectivity index is 2.05. The van der Waals surface area contributed by atoms with E-state index in [9.17, 15) is 4.79 Å². The summed E-state index contributed by atoms with van der Waals surface area (Å²) in [4.78, 5) is 14.9. The maximum absolute atomic E-state index is 10.5. The molecule has 0 aromatic heterocycles. The zero-order chi connectivity index (χ0) is 15.1. The average molecular weight is 283 g/mol. The maximum Gasteiger partial charge on any atom is 0.341 e. The van der Waals surface area contributed by atoms with E-state index in [2.05, 4.69) is 24.0 Å². The van der Waals surface area contributed by atoms with Crippen molar-refractivity contribution in [2.45, 2.75) is 13.3 Å². The molecule has 0 aliphatic heterocycles. The maximum atomic E-state index is 10.5. The van der Waals surface area contributed by atoms with Gasteiger partial charge in [-0.25, -0.2) is 4.79 Å². The van der Waals surface area contributed by atoms with Crippen molar-refractivity contribution in [1.29, 1.82) is 0 Å². The van der Waals surface area contributed by atoms with Crippen LogP contribution in [0, 0.1) is 0 Å². The average Bonchev–Trinajstić information content (AvgIpc) is 2.52. The second-order valence-corrected chi connectivity index (χ2v) is 4.53. The van der Waals surface area contributed by atoms with Crippen LogP contribution in [0.4, 0.5) is 5.69 Å². The Labute approximate surface area is 123 Å². The lowest BCUT2D eigenvalue weighted by Crippen LogP contribution is -2.09. The largest absolute Gasteiger partial charge is 0.482 e. The molecule has 0 heterocycles. The number of carboxylic acids is 1. The predicted molar refractivity (Wildman–Crippen MR) is 82.6 cm³/mol. The number of hydrogen-bond donors (Lipinski definition) is 1. The first kappa shape index (κ1) is 14.8. The molecule has 0 amide bonds. The highest BCUT2D eigenvalue weighted by atomic mass is 16.5. The molecule has 0 atom stereocenters. The van der Waals surface area contributed by atoms with Crippen LogP contribution in [0.2, 0.25) is 0 Å². The van der Waals surface area contributed by atoms with Crippen molar-refractivity contribution in [3.63, 3.8) is 0 Å². The van der Waals surface area contributed by atoms with Gasteiger partial charge in [-0.2, -0.15) is 0 Å². The van der Waals surface area contributed by atoms with E-state index >= 15 is 0 Å². The number of rotatable bonds is 6. The van der Waals surface area contributed by atoms with E-state index in [0.29, 0.717) is 5.75 Å². The monoisotopic (exact) mass is 283 g/mol. The molecule has 0 fully saturated rings. The van der Waals surface area contributed by atoms with Crippen LogP contribution < -0.4 is 4.74 Å². The molecule has 2 aromatic carbocycles. The van der Waals surface area contributed by atoms with Crippen LogP contribution in [0.5, 0.6) is 5.75 Å². The Morgan fingerprint density at radius 1 is 1.24 bits per heavy atom. The van der Waals surface area contributed by atoms with Gasteiger partial charge in [-0.1, -0.05) is 31.2 Å². The third-order valence-corrected chi connectivity index (χ3v) is 2.93. The van der Waals surface area contributed by atoms with E-state index in [1.165, 1.54) is 5.56 Å². The van der Waals surface area contributed by atoms with Crippen LogP contribution in [0.3, 0.4) is 0 Å². The van der Waals surface area contributed by atoms with Gasteiger partial charge in [0.05, 0.1) is 5.69 Å². The molecule has 1 N–H and O–H groups in total. The first-order chi connectivity index (χ1) is 10.2. The molecule has 4 nitrogen and oxygen atoms in total. The number of ether oxygens (including phenoxy) is 1. The van der Waals surface area contributed by atoms with E-state index in [0.717, 1.165) is 17.7 Å². The van der Waals surface area contributed by atoms with Gasteiger partial charge in [0.15, 0.2) is 6.61 Å². The first-order valence-electron chi connectivity index (χ1n) is 6.75. The minimum atomic E-state index is -0.995. The highest BCUT2D eigenvalue weighted by Gasteiger charge is 1.99. The van der Waals surface area contributed by atoms with Crippen molar-refractivity contribution in [3.8, 4) is 5.75 Å². The topological polar surface area (TPSA) is 58.9 Å². The summed E-state index contributed by atoms with van der Waals surface area (Å²) in [6, 6.07) is 15.2. The van der Waals surface area contributed by atoms with Crippen LogP contribution in [0.1, 0.15) is 18.1 Å². The molecule has 4 heteroatoms. The summed E-state index contributed by atoms with van der Waals surface area (Å²) in [6.45, 7) is 1.76. The Bertz CT molecular complexity index is 633. The third-order valence-electron chi connectivity index (χ3n) is 2.93. The summed E-state index contributed by atoms with van der Waals surface area (Å²) >= 11 is 0. The third kappa shape index (κ3) is 4.76. The summed E-state index contributed by atoms with van der Waals surface area (Å²) < 4.78 is 5.13. The SMILES string of the molecule is CCc1ccc(N=Cc2cccc(OCC(=O)O)c2)cc1. The summed E-state index contributed by atoms with van der Waals surface area (Å²) in [7, 11) is 0. The van der Waals surface area contributed by atoms with Crippen molar-refractivity contribution >= 4 is 17.9 Å². The molecular formula is C17H17NO3. The second-order valence-electron chi connectivity index (χ2n) is 4.53. The van der Waals surface area contributed by atoms with Gasteiger partial charge < -0.3 is 9.84 Å². The van der Waals surface area contributed by atoms with Crippen LogP contribution in [-0.2, 0) is 11.2 Å².